The lowest BCUT2D eigenvalue weighted by atomic mass is 9.77. The van der Waals surface area contributed by atoms with Crippen molar-refractivity contribution in [1.82, 2.24) is 10.2 Å². The van der Waals surface area contributed by atoms with Gasteiger partial charge in [0, 0.05) is 25.6 Å². The number of rotatable bonds is 1. The molecule has 1 saturated carbocycles. The first-order valence-electron chi connectivity index (χ1n) is 7.29. The summed E-state index contributed by atoms with van der Waals surface area (Å²) in [6.45, 7) is 4.38. The van der Waals surface area contributed by atoms with Crippen molar-refractivity contribution in [3.05, 3.63) is 0 Å². The Morgan fingerprint density at radius 1 is 1.11 bits per heavy atom. The van der Waals surface area contributed by atoms with Crippen molar-refractivity contribution in [2.24, 2.45) is 11.3 Å². The van der Waals surface area contributed by atoms with Gasteiger partial charge >= 0.3 is 0 Å². The molecule has 2 aliphatic heterocycles. The van der Waals surface area contributed by atoms with Gasteiger partial charge in [-0.25, -0.2) is 0 Å². The molecule has 1 N–H and O–H groups in total. The molecule has 2 heterocycles. The maximum absolute atomic E-state index is 12.3. The lowest BCUT2D eigenvalue weighted by Gasteiger charge is -2.39. The smallest absolute Gasteiger partial charge is 0.225 e. The second-order valence-corrected chi connectivity index (χ2v) is 6.23. The largest absolute Gasteiger partial charge is 0.342 e. The molecular weight excluding hydrogens is 248 g/mol. The van der Waals surface area contributed by atoms with Crippen LogP contribution in [0.15, 0.2) is 0 Å². The van der Waals surface area contributed by atoms with Gasteiger partial charge in [-0.05, 0) is 44.1 Å². The molecule has 0 atom stereocenters. The van der Waals surface area contributed by atoms with Crippen LogP contribution in [0.3, 0.4) is 0 Å². The lowest BCUT2D eigenvalue weighted by Crippen LogP contribution is -2.45. The average molecular weight is 273 g/mol. The van der Waals surface area contributed by atoms with Crippen LogP contribution in [0, 0.1) is 11.3 Å². The second-order valence-electron chi connectivity index (χ2n) is 6.23. The van der Waals surface area contributed by atoms with Crippen LogP contribution in [0.4, 0.5) is 0 Å². The monoisotopic (exact) mass is 272 g/mol. The van der Waals surface area contributed by atoms with Crippen LogP contribution >= 0.6 is 12.4 Å². The topological polar surface area (TPSA) is 32.3 Å². The van der Waals surface area contributed by atoms with Crippen LogP contribution in [0.25, 0.3) is 0 Å². The fraction of sp³-hybridized carbons (Fsp3) is 0.929. The molecule has 0 unspecified atom stereocenters. The lowest BCUT2D eigenvalue weighted by molar-refractivity contribution is -0.137. The summed E-state index contributed by atoms with van der Waals surface area (Å²) in [6.07, 6.45) is 8.57. The third kappa shape index (κ3) is 2.67. The first-order valence-corrected chi connectivity index (χ1v) is 7.29. The van der Waals surface area contributed by atoms with Crippen molar-refractivity contribution in [2.75, 3.05) is 26.2 Å². The Morgan fingerprint density at radius 3 is 2.33 bits per heavy atom. The van der Waals surface area contributed by atoms with Gasteiger partial charge in [-0.3, -0.25) is 4.79 Å². The highest BCUT2D eigenvalue weighted by molar-refractivity contribution is 5.85. The van der Waals surface area contributed by atoms with Crippen molar-refractivity contribution in [1.29, 1.82) is 0 Å². The molecule has 0 aromatic heterocycles. The summed E-state index contributed by atoms with van der Waals surface area (Å²) in [7, 11) is 0. The zero-order valence-electron chi connectivity index (χ0n) is 11.1. The normalized spacial score (nSPS) is 27.4. The summed E-state index contributed by atoms with van der Waals surface area (Å²) < 4.78 is 0. The van der Waals surface area contributed by atoms with Gasteiger partial charge in [0.2, 0.25) is 5.91 Å². The van der Waals surface area contributed by atoms with E-state index in [0.29, 0.717) is 17.2 Å². The Kier molecular flexibility index (Phi) is 4.54. The molecule has 4 heteroatoms. The van der Waals surface area contributed by atoms with Gasteiger partial charge in [0.1, 0.15) is 0 Å². The Hall–Kier alpha value is -0.280. The SMILES string of the molecule is Cl.O=C(C1CCCC1)N1CCC2(CCNC2)CC1. The van der Waals surface area contributed by atoms with E-state index in [1.165, 1.54) is 45.2 Å². The van der Waals surface area contributed by atoms with E-state index in [9.17, 15) is 4.79 Å². The van der Waals surface area contributed by atoms with Gasteiger partial charge in [0.25, 0.3) is 0 Å². The summed E-state index contributed by atoms with van der Waals surface area (Å²) in [5, 5.41) is 3.48. The van der Waals surface area contributed by atoms with Crippen LogP contribution < -0.4 is 5.32 Å². The first kappa shape index (κ1) is 14.1. The third-order valence-electron chi connectivity index (χ3n) is 5.17. The highest BCUT2D eigenvalue weighted by Crippen LogP contribution is 2.38. The number of carbonyl (C=O) groups excluding carboxylic acids is 1. The highest BCUT2D eigenvalue weighted by Gasteiger charge is 2.39. The molecule has 1 amide bonds. The predicted molar refractivity (Wildman–Crippen MR) is 74.9 cm³/mol. The minimum atomic E-state index is 0. The van der Waals surface area contributed by atoms with E-state index < -0.39 is 0 Å². The van der Waals surface area contributed by atoms with Gasteiger partial charge in [-0.15, -0.1) is 12.4 Å². The minimum absolute atomic E-state index is 0. The quantitative estimate of drug-likeness (QED) is 0.794. The Labute approximate surface area is 116 Å². The molecule has 0 aromatic rings. The molecular formula is C14H25ClN2O. The van der Waals surface area contributed by atoms with Crippen molar-refractivity contribution >= 4 is 18.3 Å². The summed E-state index contributed by atoms with van der Waals surface area (Å²) in [5.74, 6) is 0.828. The molecule has 3 rings (SSSR count). The molecule has 104 valence electrons. The second kappa shape index (κ2) is 5.79. The van der Waals surface area contributed by atoms with Crippen molar-refractivity contribution in [3.63, 3.8) is 0 Å². The third-order valence-corrected chi connectivity index (χ3v) is 5.17. The molecule has 18 heavy (non-hydrogen) atoms. The molecule has 3 fully saturated rings. The van der Waals surface area contributed by atoms with Crippen LogP contribution in [-0.2, 0) is 4.79 Å². The molecule has 0 radical (unpaired) electrons. The fourth-order valence-corrected chi connectivity index (χ4v) is 3.85. The van der Waals surface area contributed by atoms with Gasteiger partial charge in [-0.1, -0.05) is 12.8 Å². The highest BCUT2D eigenvalue weighted by atomic mass is 35.5. The number of halogens is 1. The Balaban J connectivity index is 0.00000120. The van der Waals surface area contributed by atoms with E-state index in [1.54, 1.807) is 0 Å². The first-order chi connectivity index (χ1) is 8.29. The molecule has 0 aromatic carbocycles. The number of likely N-dealkylation sites (tertiary alicyclic amines) is 1. The summed E-state index contributed by atoms with van der Waals surface area (Å²) >= 11 is 0. The number of carbonyl (C=O) groups is 1. The van der Waals surface area contributed by atoms with Gasteiger partial charge in [0.05, 0.1) is 0 Å². The van der Waals surface area contributed by atoms with E-state index in [1.807, 2.05) is 0 Å². The van der Waals surface area contributed by atoms with Gasteiger partial charge in [0.15, 0.2) is 0 Å². The summed E-state index contributed by atoms with van der Waals surface area (Å²) in [4.78, 5) is 14.5. The predicted octanol–water partition coefficient (Wildman–Crippen LogP) is 2.20. The maximum atomic E-state index is 12.3. The van der Waals surface area contributed by atoms with Gasteiger partial charge < -0.3 is 10.2 Å². The number of amides is 1. The van der Waals surface area contributed by atoms with E-state index in [0.717, 1.165) is 25.9 Å². The van der Waals surface area contributed by atoms with Crippen LogP contribution in [-0.4, -0.2) is 37.0 Å². The Morgan fingerprint density at radius 2 is 1.78 bits per heavy atom. The average Bonchev–Trinajstić information content (AvgIpc) is 3.01. The number of nitrogens with one attached hydrogen (secondary N) is 1. The van der Waals surface area contributed by atoms with E-state index in [-0.39, 0.29) is 12.4 Å². The molecule has 1 spiro atoms. The van der Waals surface area contributed by atoms with Crippen molar-refractivity contribution < 1.29 is 4.79 Å². The summed E-state index contributed by atoms with van der Waals surface area (Å²) in [6, 6.07) is 0. The van der Waals surface area contributed by atoms with E-state index in [2.05, 4.69) is 10.2 Å². The minimum Gasteiger partial charge on any atom is -0.342 e. The fourth-order valence-electron chi connectivity index (χ4n) is 3.85. The van der Waals surface area contributed by atoms with Crippen molar-refractivity contribution in [3.8, 4) is 0 Å². The summed E-state index contributed by atoms with van der Waals surface area (Å²) in [5.41, 5.74) is 0.534. The van der Waals surface area contributed by atoms with Crippen LogP contribution in [0.1, 0.15) is 44.9 Å². The molecule has 3 nitrogen and oxygen atoms in total. The number of hydrogen-bond acceptors (Lipinski definition) is 2. The molecule has 3 aliphatic rings. The van der Waals surface area contributed by atoms with E-state index in [4.69, 9.17) is 0 Å². The van der Waals surface area contributed by atoms with Crippen molar-refractivity contribution in [2.45, 2.75) is 44.9 Å². The standard InChI is InChI=1S/C14H24N2O.ClH/c17-13(12-3-1-2-4-12)16-9-6-14(7-10-16)5-8-15-11-14;/h12,15H,1-11H2;1H. The van der Waals surface area contributed by atoms with Crippen LogP contribution in [0.2, 0.25) is 0 Å². The zero-order valence-corrected chi connectivity index (χ0v) is 11.9. The molecule has 2 saturated heterocycles. The number of hydrogen-bond donors (Lipinski definition) is 1. The van der Waals surface area contributed by atoms with Gasteiger partial charge in [-0.2, -0.15) is 0 Å². The number of piperidine rings is 1. The molecule has 1 aliphatic carbocycles. The molecule has 0 bridgehead atoms. The van der Waals surface area contributed by atoms with Crippen LogP contribution in [0.5, 0.6) is 0 Å². The van der Waals surface area contributed by atoms with E-state index >= 15 is 0 Å². The maximum Gasteiger partial charge on any atom is 0.225 e. The number of nitrogens with zero attached hydrogens (tertiary/aromatic N) is 1. The Bertz CT molecular complexity index is 286. The zero-order chi connectivity index (χ0) is 11.7.